The number of hydrogen-bond donors (Lipinski definition) is 1. The van der Waals surface area contributed by atoms with Gasteiger partial charge in [0, 0.05) is 10.3 Å². The molecule has 0 bridgehead atoms. The van der Waals surface area contributed by atoms with Gasteiger partial charge in [0.1, 0.15) is 11.2 Å². The van der Waals surface area contributed by atoms with Crippen LogP contribution in [0, 0.1) is 6.92 Å². The zero-order valence-corrected chi connectivity index (χ0v) is 9.91. The first-order chi connectivity index (χ1) is 7.63. The number of carboxylic acids is 1. The quantitative estimate of drug-likeness (QED) is 0.889. The maximum Gasteiger partial charge on any atom is 0.312 e. The number of hydrogen-bond acceptors (Lipinski definition) is 4. The lowest BCUT2D eigenvalue weighted by Crippen LogP contribution is -2.12. The topological polar surface area (TPSA) is 63.1 Å². The number of fused-ring (bicyclic) bond motifs is 1. The minimum atomic E-state index is -0.827. The Morgan fingerprint density at radius 2 is 2.31 bits per heavy atom. The lowest BCUT2D eigenvalue weighted by molar-refractivity contribution is -0.138. The van der Waals surface area contributed by atoms with Crippen molar-refractivity contribution in [1.29, 1.82) is 0 Å². The highest BCUT2D eigenvalue weighted by Gasteiger charge is 2.22. The standard InChI is InChI=1S/C11H12N2O2S/c1-3-7(11(14)15)9-8-4-6(2)16-10(8)13-5-12-9/h4-5,7H,3H2,1-2H3,(H,14,15). The van der Waals surface area contributed by atoms with Crippen LogP contribution in [-0.2, 0) is 4.79 Å². The number of carboxylic acid groups (broad SMARTS) is 1. The van der Waals surface area contributed by atoms with E-state index in [1.807, 2.05) is 19.9 Å². The number of thiophene rings is 1. The summed E-state index contributed by atoms with van der Waals surface area (Å²) >= 11 is 1.56. The first-order valence-electron chi connectivity index (χ1n) is 5.07. The summed E-state index contributed by atoms with van der Waals surface area (Å²) in [6, 6.07) is 1.96. The van der Waals surface area contributed by atoms with Crippen molar-refractivity contribution >= 4 is 27.5 Å². The van der Waals surface area contributed by atoms with Crippen molar-refractivity contribution in [3.63, 3.8) is 0 Å². The van der Waals surface area contributed by atoms with Gasteiger partial charge in [-0.25, -0.2) is 9.97 Å². The molecule has 0 saturated carbocycles. The van der Waals surface area contributed by atoms with Crippen LogP contribution in [0.4, 0.5) is 0 Å². The summed E-state index contributed by atoms with van der Waals surface area (Å²) in [4.78, 5) is 21.4. The average molecular weight is 236 g/mol. The van der Waals surface area contributed by atoms with Crippen molar-refractivity contribution in [2.24, 2.45) is 0 Å². The second kappa shape index (κ2) is 4.17. The largest absolute Gasteiger partial charge is 0.481 e. The van der Waals surface area contributed by atoms with E-state index < -0.39 is 11.9 Å². The molecule has 0 radical (unpaired) electrons. The van der Waals surface area contributed by atoms with Gasteiger partial charge < -0.3 is 5.11 Å². The monoisotopic (exact) mass is 236 g/mol. The third kappa shape index (κ3) is 1.78. The van der Waals surface area contributed by atoms with Crippen molar-refractivity contribution in [2.75, 3.05) is 0 Å². The Balaban J connectivity index is 2.62. The molecule has 1 N–H and O–H groups in total. The van der Waals surface area contributed by atoms with Crippen LogP contribution in [0.5, 0.6) is 0 Å². The Hall–Kier alpha value is -1.49. The van der Waals surface area contributed by atoms with Crippen LogP contribution in [-0.4, -0.2) is 21.0 Å². The fourth-order valence-corrected chi connectivity index (χ4v) is 2.61. The molecule has 1 atom stereocenters. The molecule has 2 aromatic heterocycles. The molecule has 4 nitrogen and oxygen atoms in total. The van der Waals surface area contributed by atoms with Gasteiger partial charge in [-0.3, -0.25) is 4.79 Å². The fourth-order valence-electron chi connectivity index (χ4n) is 1.76. The number of rotatable bonds is 3. The Morgan fingerprint density at radius 1 is 1.56 bits per heavy atom. The molecule has 2 rings (SSSR count). The van der Waals surface area contributed by atoms with Crippen LogP contribution < -0.4 is 0 Å². The van der Waals surface area contributed by atoms with Crippen molar-refractivity contribution in [2.45, 2.75) is 26.2 Å². The fraction of sp³-hybridized carbons (Fsp3) is 0.364. The molecule has 0 amide bonds. The molecule has 1 unspecified atom stereocenters. The first-order valence-corrected chi connectivity index (χ1v) is 5.89. The van der Waals surface area contributed by atoms with E-state index in [2.05, 4.69) is 9.97 Å². The van der Waals surface area contributed by atoms with E-state index in [1.54, 1.807) is 11.3 Å². The lowest BCUT2D eigenvalue weighted by Gasteiger charge is -2.09. The maximum atomic E-state index is 11.1. The van der Waals surface area contributed by atoms with E-state index in [9.17, 15) is 4.79 Å². The van der Waals surface area contributed by atoms with E-state index in [1.165, 1.54) is 6.33 Å². The normalized spacial score (nSPS) is 12.9. The molecule has 16 heavy (non-hydrogen) atoms. The van der Waals surface area contributed by atoms with Crippen LogP contribution in [0.1, 0.15) is 29.8 Å². The molecule has 0 spiro atoms. The van der Waals surface area contributed by atoms with E-state index in [4.69, 9.17) is 5.11 Å². The third-order valence-electron chi connectivity index (χ3n) is 2.52. The van der Waals surface area contributed by atoms with Crippen LogP contribution in [0.15, 0.2) is 12.4 Å². The molecule has 2 aromatic rings. The SMILES string of the molecule is CCC(C(=O)O)c1ncnc2sc(C)cc12. The van der Waals surface area contributed by atoms with Crippen LogP contribution in [0.3, 0.4) is 0 Å². The number of carbonyl (C=O) groups is 1. The molecule has 0 saturated heterocycles. The summed E-state index contributed by atoms with van der Waals surface area (Å²) in [6.45, 7) is 3.84. The zero-order chi connectivity index (χ0) is 11.7. The molecule has 5 heteroatoms. The minimum absolute atomic E-state index is 0.538. The molecule has 0 aliphatic heterocycles. The number of nitrogens with zero attached hydrogens (tertiary/aromatic N) is 2. The van der Waals surface area contributed by atoms with Gasteiger partial charge in [0.2, 0.25) is 0 Å². The van der Waals surface area contributed by atoms with E-state index in [-0.39, 0.29) is 0 Å². The Morgan fingerprint density at radius 3 is 2.94 bits per heavy atom. The Labute approximate surface area is 97.0 Å². The third-order valence-corrected chi connectivity index (χ3v) is 3.48. The second-order valence-electron chi connectivity index (χ2n) is 3.63. The van der Waals surface area contributed by atoms with Gasteiger partial charge in [0.25, 0.3) is 0 Å². The number of aryl methyl sites for hydroxylation is 1. The van der Waals surface area contributed by atoms with Crippen LogP contribution in [0.2, 0.25) is 0 Å². The molecule has 2 heterocycles. The Kier molecular flexibility index (Phi) is 2.87. The van der Waals surface area contributed by atoms with Gasteiger partial charge in [0.15, 0.2) is 0 Å². The van der Waals surface area contributed by atoms with Crippen molar-refractivity contribution in [3.05, 3.63) is 23.0 Å². The van der Waals surface area contributed by atoms with Crippen LogP contribution >= 0.6 is 11.3 Å². The lowest BCUT2D eigenvalue weighted by atomic mass is 10.00. The molecule has 0 aliphatic rings. The Bertz CT molecular complexity index is 536. The first kappa shape index (κ1) is 11.0. The van der Waals surface area contributed by atoms with Gasteiger partial charge in [0.05, 0.1) is 11.6 Å². The van der Waals surface area contributed by atoms with E-state index >= 15 is 0 Å². The summed E-state index contributed by atoms with van der Waals surface area (Å²) in [5.74, 6) is -1.37. The summed E-state index contributed by atoms with van der Waals surface area (Å²) in [5.41, 5.74) is 0.629. The van der Waals surface area contributed by atoms with Gasteiger partial charge in [-0.1, -0.05) is 6.92 Å². The predicted octanol–water partition coefficient (Wildman–Crippen LogP) is 2.58. The van der Waals surface area contributed by atoms with E-state index in [0.29, 0.717) is 12.1 Å². The number of aliphatic carboxylic acids is 1. The van der Waals surface area contributed by atoms with Gasteiger partial charge in [-0.15, -0.1) is 11.3 Å². The number of aromatic nitrogens is 2. The van der Waals surface area contributed by atoms with Crippen molar-refractivity contribution in [3.8, 4) is 0 Å². The molecule has 84 valence electrons. The maximum absolute atomic E-state index is 11.1. The smallest absolute Gasteiger partial charge is 0.312 e. The zero-order valence-electron chi connectivity index (χ0n) is 9.10. The second-order valence-corrected chi connectivity index (χ2v) is 4.87. The summed E-state index contributed by atoms with van der Waals surface area (Å²) in [5, 5.41) is 10.0. The molecule has 0 aliphatic carbocycles. The van der Waals surface area contributed by atoms with Gasteiger partial charge in [-0.05, 0) is 19.4 Å². The van der Waals surface area contributed by atoms with Gasteiger partial charge in [-0.2, -0.15) is 0 Å². The highest BCUT2D eigenvalue weighted by atomic mass is 32.1. The van der Waals surface area contributed by atoms with Gasteiger partial charge >= 0.3 is 5.97 Å². The minimum Gasteiger partial charge on any atom is -0.481 e. The molecule has 0 fully saturated rings. The molecule has 0 aromatic carbocycles. The summed E-state index contributed by atoms with van der Waals surface area (Å²) < 4.78 is 0. The summed E-state index contributed by atoms with van der Waals surface area (Å²) in [6.07, 6.45) is 1.98. The summed E-state index contributed by atoms with van der Waals surface area (Å²) in [7, 11) is 0. The van der Waals surface area contributed by atoms with Crippen LogP contribution in [0.25, 0.3) is 10.2 Å². The van der Waals surface area contributed by atoms with E-state index in [0.717, 1.165) is 15.1 Å². The highest BCUT2D eigenvalue weighted by Crippen LogP contribution is 2.30. The molecular formula is C11H12N2O2S. The highest BCUT2D eigenvalue weighted by molar-refractivity contribution is 7.18. The predicted molar refractivity (Wildman–Crippen MR) is 62.8 cm³/mol. The molecular weight excluding hydrogens is 224 g/mol. The van der Waals surface area contributed by atoms with Crippen molar-refractivity contribution in [1.82, 2.24) is 9.97 Å². The average Bonchev–Trinajstić information content (AvgIpc) is 2.59. The van der Waals surface area contributed by atoms with Crippen molar-refractivity contribution < 1.29 is 9.90 Å².